The van der Waals surface area contributed by atoms with Gasteiger partial charge in [-0.1, -0.05) is 5.11 Å². The number of ether oxygens (including phenoxy) is 2. The van der Waals surface area contributed by atoms with Crippen LogP contribution in [0.25, 0.3) is 10.4 Å². The summed E-state index contributed by atoms with van der Waals surface area (Å²) in [6, 6.07) is 0.820. The van der Waals surface area contributed by atoms with Gasteiger partial charge in [0.2, 0.25) is 0 Å². The summed E-state index contributed by atoms with van der Waals surface area (Å²) in [5, 5.41) is 13.5. The van der Waals surface area contributed by atoms with Crippen LogP contribution in [0.5, 0.6) is 0 Å². The Balaban J connectivity index is 2.20. The predicted molar refractivity (Wildman–Crippen MR) is 67.0 cm³/mol. The Morgan fingerprint density at radius 3 is 3.10 bits per heavy atom. The van der Waals surface area contributed by atoms with Gasteiger partial charge < -0.3 is 19.0 Å². The zero-order valence-corrected chi connectivity index (χ0v) is 11.1. The van der Waals surface area contributed by atoms with Crippen LogP contribution in [0.2, 0.25) is 0 Å². The minimum absolute atomic E-state index is 0.102. The van der Waals surface area contributed by atoms with Crippen LogP contribution in [0.3, 0.4) is 0 Å². The normalized spacial score (nSPS) is 25.2. The first kappa shape index (κ1) is 14.4. The second-order valence-electron chi connectivity index (χ2n) is 4.36. The van der Waals surface area contributed by atoms with Gasteiger partial charge in [0.25, 0.3) is 0 Å². The monoisotopic (exact) mass is 281 g/mol. The standard InChI is InChI=1S/C12H15N3O5/c1-3-18-12(17)7-4-9(20-6(7)2)11-10(16)8(5-19-11)14-15-13/h4,8,10-11,16H,3,5H2,1-2H3/t8-,10+,11+/m0/s1. The van der Waals surface area contributed by atoms with E-state index in [1.54, 1.807) is 13.8 Å². The number of rotatable bonds is 4. The summed E-state index contributed by atoms with van der Waals surface area (Å²) in [5.74, 6) is 0.217. The third-order valence-electron chi connectivity index (χ3n) is 3.06. The zero-order chi connectivity index (χ0) is 14.7. The molecule has 1 saturated heterocycles. The fourth-order valence-corrected chi connectivity index (χ4v) is 2.08. The van der Waals surface area contributed by atoms with E-state index in [0.717, 1.165) is 0 Å². The van der Waals surface area contributed by atoms with Crippen molar-refractivity contribution in [3.63, 3.8) is 0 Å². The van der Waals surface area contributed by atoms with Crippen molar-refractivity contribution in [2.75, 3.05) is 13.2 Å². The number of hydrogen-bond acceptors (Lipinski definition) is 6. The summed E-state index contributed by atoms with van der Waals surface area (Å²) in [5.41, 5.74) is 8.68. The van der Waals surface area contributed by atoms with E-state index >= 15 is 0 Å². The van der Waals surface area contributed by atoms with Crippen LogP contribution in [0, 0.1) is 6.92 Å². The Hall–Kier alpha value is -2.02. The van der Waals surface area contributed by atoms with Crippen LogP contribution in [0.4, 0.5) is 0 Å². The van der Waals surface area contributed by atoms with Crippen LogP contribution < -0.4 is 0 Å². The van der Waals surface area contributed by atoms with Gasteiger partial charge in [-0.05, 0) is 25.4 Å². The van der Waals surface area contributed by atoms with E-state index in [-0.39, 0.29) is 13.2 Å². The Bertz CT molecular complexity index is 549. The maximum absolute atomic E-state index is 11.7. The van der Waals surface area contributed by atoms with Gasteiger partial charge in [0.05, 0.1) is 25.4 Å². The molecule has 1 aliphatic rings. The summed E-state index contributed by atoms with van der Waals surface area (Å²) in [4.78, 5) is 14.3. The van der Waals surface area contributed by atoms with Crippen molar-refractivity contribution in [2.45, 2.75) is 32.1 Å². The van der Waals surface area contributed by atoms with Crippen LogP contribution >= 0.6 is 0 Å². The van der Waals surface area contributed by atoms with Gasteiger partial charge in [-0.25, -0.2) is 4.79 Å². The van der Waals surface area contributed by atoms with E-state index in [1.807, 2.05) is 0 Å². The molecule has 2 heterocycles. The number of nitrogens with zero attached hydrogens (tertiary/aromatic N) is 3. The number of aliphatic hydroxyl groups excluding tert-OH is 1. The van der Waals surface area contributed by atoms with Crippen molar-refractivity contribution in [3.05, 3.63) is 33.6 Å². The fraction of sp³-hybridized carbons (Fsp3) is 0.583. The molecule has 1 fully saturated rings. The second kappa shape index (κ2) is 5.96. The van der Waals surface area contributed by atoms with Crippen molar-refractivity contribution in [1.29, 1.82) is 0 Å². The lowest BCUT2D eigenvalue weighted by Crippen LogP contribution is -2.23. The van der Waals surface area contributed by atoms with Gasteiger partial charge >= 0.3 is 5.97 Å². The second-order valence-corrected chi connectivity index (χ2v) is 4.36. The van der Waals surface area contributed by atoms with Crippen LogP contribution in [-0.2, 0) is 9.47 Å². The van der Waals surface area contributed by atoms with Crippen molar-refractivity contribution in [3.8, 4) is 0 Å². The summed E-state index contributed by atoms with van der Waals surface area (Å²) in [7, 11) is 0. The highest BCUT2D eigenvalue weighted by Crippen LogP contribution is 2.33. The minimum Gasteiger partial charge on any atom is -0.463 e. The van der Waals surface area contributed by atoms with Crippen molar-refractivity contribution in [1.82, 2.24) is 0 Å². The Labute approximate surface area is 114 Å². The lowest BCUT2D eigenvalue weighted by molar-refractivity contribution is 0.0258. The largest absolute Gasteiger partial charge is 0.463 e. The topological polar surface area (TPSA) is 118 Å². The summed E-state index contributed by atoms with van der Waals surface area (Å²) < 4.78 is 15.7. The van der Waals surface area contributed by atoms with Gasteiger partial charge in [-0.2, -0.15) is 0 Å². The van der Waals surface area contributed by atoms with Gasteiger partial charge in [-0.3, -0.25) is 0 Å². The molecule has 8 heteroatoms. The highest BCUT2D eigenvalue weighted by molar-refractivity contribution is 5.90. The highest BCUT2D eigenvalue weighted by atomic mass is 16.5. The lowest BCUT2D eigenvalue weighted by Gasteiger charge is -2.12. The Morgan fingerprint density at radius 1 is 1.70 bits per heavy atom. The maximum Gasteiger partial charge on any atom is 0.341 e. The van der Waals surface area contributed by atoms with Gasteiger partial charge in [-0.15, -0.1) is 0 Å². The highest BCUT2D eigenvalue weighted by Gasteiger charge is 2.39. The number of azide groups is 1. The molecule has 0 radical (unpaired) electrons. The lowest BCUT2D eigenvalue weighted by atomic mass is 10.1. The smallest absolute Gasteiger partial charge is 0.341 e. The van der Waals surface area contributed by atoms with E-state index in [9.17, 15) is 9.90 Å². The number of aliphatic hydroxyl groups is 1. The first-order chi connectivity index (χ1) is 9.58. The zero-order valence-electron chi connectivity index (χ0n) is 11.1. The summed E-state index contributed by atoms with van der Waals surface area (Å²) >= 11 is 0. The molecule has 1 aromatic rings. The molecule has 0 bridgehead atoms. The first-order valence-electron chi connectivity index (χ1n) is 6.19. The average molecular weight is 281 g/mol. The number of aryl methyl sites for hydroxylation is 1. The van der Waals surface area contributed by atoms with Gasteiger partial charge in [0.1, 0.15) is 23.2 Å². The molecular weight excluding hydrogens is 266 g/mol. The van der Waals surface area contributed by atoms with Gasteiger partial charge in [0.15, 0.2) is 0 Å². The quantitative estimate of drug-likeness (QED) is 0.391. The number of hydrogen-bond donors (Lipinski definition) is 1. The third kappa shape index (κ3) is 2.62. The molecule has 0 amide bonds. The van der Waals surface area contributed by atoms with E-state index in [0.29, 0.717) is 17.1 Å². The maximum atomic E-state index is 11.7. The van der Waals surface area contributed by atoms with Crippen LogP contribution in [0.15, 0.2) is 15.6 Å². The molecular formula is C12H15N3O5. The Kier molecular flexibility index (Phi) is 4.29. The molecule has 0 spiro atoms. The van der Waals surface area contributed by atoms with E-state index in [4.69, 9.17) is 19.4 Å². The van der Waals surface area contributed by atoms with Crippen molar-refractivity contribution >= 4 is 5.97 Å². The molecule has 0 aromatic carbocycles. The summed E-state index contributed by atoms with van der Waals surface area (Å²) in [6.07, 6.45) is -1.76. The van der Waals surface area contributed by atoms with Crippen LogP contribution in [0.1, 0.15) is 34.9 Å². The molecule has 1 aromatic heterocycles. The van der Waals surface area contributed by atoms with Crippen molar-refractivity contribution < 1.29 is 23.8 Å². The van der Waals surface area contributed by atoms with E-state index in [1.165, 1.54) is 6.07 Å². The molecule has 1 aliphatic heterocycles. The molecule has 0 saturated carbocycles. The summed E-state index contributed by atoms with van der Waals surface area (Å²) in [6.45, 7) is 3.70. The van der Waals surface area contributed by atoms with E-state index < -0.39 is 24.2 Å². The number of carbonyl (C=O) groups excluding carboxylic acids is 1. The van der Waals surface area contributed by atoms with E-state index in [2.05, 4.69) is 10.0 Å². The number of esters is 1. The molecule has 3 atom stereocenters. The molecule has 2 rings (SSSR count). The first-order valence-corrected chi connectivity index (χ1v) is 6.19. The molecule has 108 valence electrons. The SMILES string of the molecule is CCOC(=O)c1cc([C@H]2OC[C@H](N=[N+]=[N-])[C@H]2O)oc1C. The fourth-order valence-electron chi connectivity index (χ4n) is 2.08. The molecule has 0 aliphatic carbocycles. The average Bonchev–Trinajstić information content (AvgIpc) is 2.95. The van der Waals surface area contributed by atoms with Crippen molar-refractivity contribution in [2.24, 2.45) is 5.11 Å². The van der Waals surface area contributed by atoms with Crippen LogP contribution in [-0.4, -0.2) is 36.4 Å². The number of furan rings is 1. The third-order valence-corrected chi connectivity index (χ3v) is 3.06. The minimum atomic E-state index is -1.01. The van der Waals surface area contributed by atoms with Gasteiger partial charge in [0, 0.05) is 4.91 Å². The molecule has 0 unspecified atom stereocenters. The molecule has 20 heavy (non-hydrogen) atoms. The predicted octanol–water partition coefficient (Wildman–Crippen LogP) is 1.88. The number of carbonyl (C=O) groups is 1. The Morgan fingerprint density at radius 2 is 2.45 bits per heavy atom. The molecule has 8 nitrogen and oxygen atoms in total. The molecule has 1 N–H and O–H groups in total.